The summed E-state index contributed by atoms with van der Waals surface area (Å²) in [6, 6.07) is 6.01. The molecule has 0 aromatic carbocycles. The van der Waals surface area contributed by atoms with Crippen LogP contribution < -0.4 is 5.32 Å². The molecule has 2 heterocycles. The molecule has 0 aliphatic heterocycles. The smallest absolute Gasteiger partial charge is 0.124 e. The summed E-state index contributed by atoms with van der Waals surface area (Å²) in [5, 5.41) is 7.63. The highest BCUT2D eigenvalue weighted by atomic mass is 15.3. The minimum absolute atomic E-state index is 0.803. The molecule has 0 unspecified atom stereocenters. The van der Waals surface area contributed by atoms with Gasteiger partial charge in [0, 0.05) is 31.5 Å². The molecule has 0 amide bonds. The zero-order chi connectivity index (χ0) is 11.2. The van der Waals surface area contributed by atoms with Crippen molar-refractivity contribution in [3.05, 3.63) is 42.4 Å². The van der Waals surface area contributed by atoms with Gasteiger partial charge in [-0.2, -0.15) is 5.10 Å². The number of aryl methyl sites for hydroxylation is 1. The average molecular weight is 216 g/mol. The molecule has 0 atom stereocenters. The van der Waals surface area contributed by atoms with Gasteiger partial charge in [0.1, 0.15) is 5.82 Å². The molecular weight excluding hydrogens is 200 g/mol. The van der Waals surface area contributed by atoms with Gasteiger partial charge >= 0.3 is 0 Å². The van der Waals surface area contributed by atoms with Crippen molar-refractivity contribution in [2.45, 2.75) is 26.4 Å². The highest BCUT2D eigenvalue weighted by Crippen LogP contribution is 2.08. The molecular formula is C12H16N4. The van der Waals surface area contributed by atoms with Gasteiger partial charge in [0.2, 0.25) is 0 Å². The Kier molecular flexibility index (Phi) is 3.53. The number of rotatable bonds is 5. The van der Waals surface area contributed by atoms with Crippen molar-refractivity contribution in [3.63, 3.8) is 0 Å². The lowest BCUT2D eigenvalue weighted by atomic mass is 10.3. The van der Waals surface area contributed by atoms with E-state index in [1.807, 2.05) is 29.1 Å². The number of hydrogen-bond acceptors (Lipinski definition) is 3. The van der Waals surface area contributed by atoms with Crippen LogP contribution in [0, 0.1) is 0 Å². The van der Waals surface area contributed by atoms with Gasteiger partial charge in [0.25, 0.3) is 0 Å². The Bertz CT molecular complexity index is 422. The fraction of sp³-hybridized carbons (Fsp3) is 0.333. The third-order valence-corrected chi connectivity index (χ3v) is 2.37. The van der Waals surface area contributed by atoms with Crippen LogP contribution in [0.4, 0.5) is 5.82 Å². The van der Waals surface area contributed by atoms with Crippen LogP contribution in [0.2, 0.25) is 0 Å². The van der Waals surface area contributed by atoms with Gasteiger partial charge in [-0.05, 0) is 24.1 Å². The van der Waals surface area contributed by atoms with Gasteiger partial charge in [-0.1, -0.05) is 6.92 Å². The minimum Gasteiger partial charge on any atom is -0.366 e. The number of nitrogens with zero attached hydrogens (tertiary/aromatic N) is 3. The Morgan fingerprint density at radius 1 is 1.19 bits per heavy atom. The summed E-state index contributed by atoms with van der Waals surface area (Å²) in [6.45, 7) is 3.90. The van der Waals surface area contributed by atoms with Crippen molar-refractivity contribution in [3.8, 4) is 0 Å². The van der Waals surface area contributed by atoms with E-state index in [1.54, 1.807) is 12.4 Å². The molecule has 1 N–H and O–H groups in total. The topological polar surface area (TPSA) is 42.7 Å². The molecule has 16 heavy (non-hydrogen) atoms. The molecule has 4 heteroatoms. The molecule has 0 saturated carbocycles. The Morgan fingerprint density at radius 2 is 2.00 bits per heavy atom. The van der Waals surface area contributed by atoms with Crippen LogP contribution in [0.1, 0.15) is 18.9 Å². The van der Waals surface area contributed by atoms with Gasteiger partial charge in [-0.25, -0.2) is 4.68 Å². The van der Waals surface area contributed by atoms with E-state index >= 15 is 0 Å². The SMILES string of the molecule is CCCn1nccc1NCc1ccncc1. The molecule has 4 nitrogen and oxygen atoms in total. The maximum absolute atomic E-state index is 4.26. The van der Waals surface area contributed by atoms with E-state index in [1.165, 1.54) is 5.56 Å². The van der Waals surface area contributed by atoms with Crippen LogP contribution in [-0.4, -0.2) is 14.8 Å². The van der Waals surface area contributed by atoms with Crippen LogP contribution in [0.15, 0.2) is 36.8 Å². The summed E-state index contributed by atoms with van der Waals surface area (Å²) in [5.41, 5.74) is 1.22. The van der Waals surface area contributed by atoms with Crippen LogP contribution in [0.5, 0.6) is 0 Å². The zero-order valence-corrected chi connectivity index (χ0v) is 9.43. The fourth-order valence-corrected chi connectivity index (χ4v) is 1.57. The van der Waals surface area contributed by atoms with Gasteiger partial charge in [0.15, 0.2) is 0 Å². The van der Waals surface area contributed by atoms with Crippen molar-refractivity contribution in [1.82, 2.24) is 14.8 Å². The zero-order valence-electron chi connectivity index (χ0n) is 9.43. The van der Waals surface area contributed by atoms with E-state index in [0.717, 1.165) is 25.3 Å². The van der Waals surface area contributed by atoms with Crippen LogP contribution in [0.25, 0.3) is 0 Å². The molecule has 84 valence electrons. The predicted octanol–water partition coefficient (Wildman–Crippen LogP) is 2.30. The van der Waals surface area contributed by atoms with Crippen LogP contribution in [-0.2, 0) is 13.1 Å². The first-order chi connectivity index (χ1) is 7.90. The van der Waals surface area contributed by atoms with Gasteiger partial charge in [-0.3, -0.25) is 4.98 Å². The number of nitrogens with one attached hydrogen (secondary N) is 1. The normalized spacial score (nSPS) is 10.3. The molecule has 0 saturated heterocycles. The highest BCUT2D eigenvalue weighted by Gasteiger charge is 2.00. The summed E-state index contributed by atoms with van der Waals surface area (Å²) >= 11 is 0. The van der Waals surface area contributed by atoms with E-state index in [0.29, 0.717) is 0 Å². The monoisotopic (exact) mass is 216 g/mol. The number of anilines is 1. The summed E-state index contributed by atoms with van der Waals surface area (Å²) in [6.07, 6.45) is 6.52. The molecule has 0 radical (unpaired) electrons. The lowest BCUT2D eigenvalue weighted by Gasteiger charge is -2.08. The van der Waals surface area contributed by atoms with E-state index in [2.05, 4.69) is 22.3 Å². The first-order valence-electron chi connectivity index (χ1n) is 5.54. The Hall–Kier alpha value is -1.84. The standard InChI is InChI=1S/C12H16N4/c1-2-9-16-12(5-8-15-16)14-10-11-3-6-13-7-4-11/h3-8,14H,2,9-10H2,1H3. The quantitative estimate of drug-likeness (QED) is 0.834. The van der Waals surface area contributed by atoms with Crippen molar-refractivity contribution in [2.24, 2.45) is 0 Å². The lowest BCUT2D eigenvalue weighted by molar-refractivity contribution is 0.607. The third-order valence-electron chi connectivity index (χ3n) is 2.37. The molecule has 2 aromatic rings. The molecule has 0 bridgehead atoms. The van der Waals surface area contributed by atoms with Crippen LogP contribution in [0.3, 0.4) is 0 Å². The second-order valence-electron chi connectivity index (χ2n) is 3.65. The van der Waals surface area contributed by atoms with E-state index in [4.69, 9.17) is 0 Å². The summed E-state index contributed by atoms with van der Waals surface area (Å²) in [4.78, 5) is 3.99. The molecule has 0 aliphatic rings. The van der Waals surface area contributed by atoms with Crippen molar-refractivity contribution < 1.29 is 0 Å². The van der Waals surface area contributed by atoms with Crippen molar-refractivity contribution in [2.75, 3.05) is 5.32 Å². The van der Waals surface area contributed by atoms with Crippen LogP contribution >= 0.6 is 0 Å². The first-order valence-corrected chi connectivity index (χ1v) is 5.54. The Morgan fingerprint density at radius 3 is 2.75 bits per heavy atom. The summed E-state index contributed by atoms with van der Waals surface area (Å²) in [7, 11) is 0. The van der Waals surface area contributed by atoms with Gasteiger partial charge in [0.05, 0.1) is 6.20 Å². The number of pyridine rings is 1. The Balaban J connectivity index is 1.97. The second-order valence-corrected chi connectivity index (χ2v) is 3.65. The number of aromatic nitrogens is 3. The Labute approximate surface area is 95.3 Å². The summed E-state index contributed by atoms with van der Waals surface area (Å²) < 4.78 is 1.99. The van der Waals surface area contributed by atoms with E-state index in [-0.39, 0.29) is 0 Å². The maximum atomic E-state index is 4.26. The average Bonchev–Trinajstić information content (AvgIpc) is 2.76. The third kappa shape index (κ3) is 2.59. The first kappa shape index (κ1) is 10.7. The molecule has 0 fully saturated rings. The molecule has 2 aromatic heterocycles. The highest BCUT2D eigenvalue weighted by molar-refractivity contribution is 5.35. The largest absolute Gasteiger partial charge is 0.366 e. The van der Waals surface area contributed by atoms with E-state index < -0.39 is 0 Å². The van der Waals surface area contributed by atoms with E-state index in [9.17, 15) is 0 Å². The molecule has 2 rings (SSSR count). The second kappa shape index (κ2) is 5.30. The maximum Gasteiger partial charge on any atom is 0.124 e. The lowest BCUT2D eigenvalue weighted by Crippen LogP contribution is -2.07. The predicted molar refractivity (Wildman–Crippen MR) is 64.1 cm³/mol. The van der Waals surface area contributed by atoms with Crippen molar-refractivity contribution >= 4 is 5.82 Å². The van der Waals surface area contributed by atoms with Gasteiger partial charge < -0.3 is 5.32 Å². The fourth-order valence-electron chi connectivity index (χ4n) is 1.57. The van der Waals surface area contributed by atoms with Crippen molar-refractivity contribution in [1.29, 1.82) is 0 Å². The molecule has 0 spiro atoms. The minimum atomic E-state index is 0.803. The summed E-state index contributed by atoms with van der Waals surface area (Å²) in [5.74, 6) is 1.07. The van der Waals surface area contributed by atoms with Gasteiger partial charge in [-0.15, -0.1) is 0 Å². The number of hydrogen-bond donors (Lipinski definition) is 1. The molecule has 0 aliphatic carbocycles.